The van der Waals surface area contributed by atoms with E-state index in [4.69, 9.17) is 0 Å². The average Bonchev–Trinajstić information content (AvgIpc) is 2.34. The second kappa shape index (κ2) is 3.66. The van der Waals surface area contributed by atoms with Gasteiger partial charge in [0.25, 0.3) is 0 Å². The topological polar surface area (TPSA) is 105 Å². The van der Waals surface area contributed by atoms with Crippen molar-refractivity contribution in [1.82, 2.24) is 0 Å². The van der Waals surface area contributed by atoms with E-state index in [1.54, 1.807) is 0 Å². The molecule has 0 unspecified atom stereocenters. The van der Waals surface area contributed by atoms with E-state index in [2.05, 4.69) is 18.1 Å². The van der Waals surface area contributed by atoms with Crippen LogP contribution in [0.1, 0.15) is 0 Å². The van der Waals surface area contributed by atoms with E-state index in [-0.39, 0.29) is 23.6 Å². The molecule has 2 heterocycles. The summed E-state index contributed by atoms with van der Waals surface area (Å²) < 4.78 is 28.5. The summed E-state index contributed by atoms with van der Waals surface area (Å²) >= 11 is 0. The molecule has 0 atom stereocenters. The van der Waals surface area contributed by atoms with Gasteiger partial charge in [-0.3, -0.25) is 0 Å². The molecule has 12 heteroatoms. The molecule has 0 saturated carbocycles. The van der Waals surface area contributed by atoms with Gasteiger partial charge >= 0.3 is 92.0 Å². The van der Waals surface area contributed by atoms with Crippen molar-refractivity contribution < 1.29 is 65.0 Å². The van der Waals surface area contributed by atoms with Gasteiger partial charge in [-0.15, -0.1) is 0 Å². The van der Waals surface area contributed by atoms with Crippen LogP contribution in [0.5, 0.6) is 0 Å². The second-order valence-electron chi connectivity index (χ2n) is 2.24. The third-order valence-electron chi connectivity index (χ3n) is 1.25. The molecule has 1 spiro atoms. The zero-order valence-corrected chi connectivity index (χ0v) is 8.36. The van der Waals surface area contributed by atoms with Crippen LogP contribution >= 0.6 is 7.82 Å². The Morgan fingerprint density at radius 2 is 0.938 bits per heavy atom. The average molecular weight is 252 g/mol. The Balaban J connectivity index is 0.00000112. The monoisotopic (exact) mass is 252 g/mol. The molecule has 84 valence electrons. The molecule has 0 bridgehead atoms. The summed E-state index contributed by atoms with van der Waals surface area (Å²) in [5.74, 6) is -6.92. The maximum atomic E-state index is 13.6. The fourth-order valence-electron chi connectivity index (χ4n) is 0.792. The maximum Gasteiger partial charge on any atom is 1.00 e. The van der Waals surface area contributed by atoms with Crippen LogP contribution in [-0.4, -0.2) is 23.9 Å². The molecule has 2 rings (SSSR count). The van der Waals surface area contributed by atoms with E-state index in [0.717, 1.165) is 0 Å². The van der Waals surface area contributed by atoms with E-state index >= 15 is 0 Å². The van der Waals surface area contributed by atoms with Crippen LogP contribution in [0.3, 0.4) is 0 Å². The Labute approximate surface area is 97.3 Å². The Morgan fingerprint density at radius 1 is 0.750 bits per heavy atom. The molecule has 2 fully saturated rings. The van der Waals surface area contributed by atoms with E-state index in [9.17, 15) is 23.4 Å². The van der Waals surface area contributed by atoms with Crippen molar-refractivity contribution >= 4 is 31.7 Å². The third-order valence-corrected chi connectivity index (χ3v) is 3.08. The predicted octanol–water partition coefficient (Wildman–Crippen LogP) is -6.71. The zero-order valence-electron chi connectivity index (χ0n) is 7.47. The number of halogens is 2. The standard InChI is InChI=1S/C4FO8P.FH.Li/c5-14(10-1(6)2(7)11-14)12-3(8)4(9)13-14;;/h;1H;/q;;+1/p-1. The summed E-state index contributed by atoms with van der Waals surface area (Å²) in [6.07, 6.45) is 0. The second-order valence-corrected chi connectivity index (χ2v) is 4.41. The van der Waals surface area contributed by atoms with Crippen molar-refractivity contribution in [3.05, 3.63) is 0 Å². The van der Waals surface area contributed by atoms with Gasteiger partial charge in [0, 0.05) is 0 Å². The summed E-state index contributed by atoms with van der Waals surface area (Å²) in [6, 6.07) is 0. The molecule has 0 radical (unpaired) electrons. The molecular weight excluding hydrogens is 252 g/mol. The summed E-state index contributed by atoms with van der Waals surface area (Å²) in [6.45, 7) is 0. The number of carbonyl (C=O) groups is 4. The van der Waals surface area contributed by atoms with Gasteiger partial charge in [0.1, 0.15) is 0 Å². The van der Waals surface area contributed by atoms with Crippen LogP contribution in [0, 0.1) is 0 Å². The largest absolute Gasteiger partial charge is 1.00 e. The first kappa shape index (κ1) is 14.8. The fourth-order valence-corrected chi connectivity index (χ4v) is 2.38. The van der Waals surface area contributed by atoms with Crippen LogP contribution in [0.2, 0.25) is 0 Å². The van der Waals surface area contributed by atoms with E-state index < -0.39 is 31.7 Å². The van der Waals surface area contributed by atoms with Crippen molar-refractivity contribution in [1.29, 1.82) is 0 Å². The Kier molecular flexibility index (Phi) is 3.38. The molecular formula is C4F2LiO8P. The normalized spacial score (nSPS) is 26.2. The SMILES string of the molecule is O=C1OP2(F)(OC1=O)OC(=O)C(=O)O2.[F-].[Li+]. The zero-order chi connectivity index (χ0) is 10.6. The van der Waals surface area contributed by atoms with E-state index in [1.807, 2.05) is 0 Å². The molecule has 0 aliphatic carbocycles. The van der Waals surface area contributed by atoms with Crippen molar-refractivity contribution in [3.63, 3.8) is 0 Å². The van der Waals surface area contributed by atoms with Gasteiger partial charge in [-0.2, -0.15) is 0 Å². The molecule has 0 aromatic heterocycles. The van der Waals surface area contributed by atoms with Gasteiger partial charge in [-0.1, -0.05) is 0 Å². The molecule has 0 aromatic rings. The van der Waals surface area contributed by atoms with Crippen LogP contribution in [0.4, 0.5) is 4.20 Å². The molecule has 2 aliphatic heterocycles. The minimum absolute atomic E-state index is 0. The van der Waals surface area contributed by atoms with Crippen LogP contribution in [-0.2, 0) is 37.3 Å². The van der Waals surface area contributed by atoms with Crippen LogP contribution in [0.25, 0.3) is 0 Å². The molecule has 2 aliphatic rings. The summed E-state index contributed by atoms with van der Waals surface area (Å²) in [5.41, 5.74) is 0. The van der Waals surface area contributed by atoms with Crippen LogP contribution in [0.15, 0.2) is 0 Å². The van der Waals surface area contributed by atoms with Crippen molar-refractivity contribution in [3.8, 4) is 0 Å². The minimum Gasteiger partial charge on any atom is -1.00 e. The number of hydrogen-bond donors (Lipinski definition) is 0. The summed E-state index contributed by atoms with van der Waals surface area (Å²) in [7, 11) is -6.09. The number of carbonyl (C=O) groups excluding carboxylic acids is 4. The Morgan fingerprint density at radius 3 is 1.12 bits per heavy atom. The first-order valence-electron chi connectivity index (χ1n) is 3.03. The smallest absolute Gasteiger partial charge is 1.00 e. The fraction of sp³-hybridized carbons (Fsp3) is 0. The van der Waals surface area contributed by atoms with Gasteiger partial charge in [-0.25, -0.2) is 0 Å². The Hall–Kier alpha value is -1.23. The minimum atomic E-state index is -6.09. The van der Waals surface area contributed by atoms with E-state index in [0.29, 0.717) is 0 Å². The van der Waals surface area contributed by atoms with Crippen LogP contribution < -0.4 is 23.6 Å². The van der Waals surface area contributed by atoms with Crippen molar-refractivity contribution in [2.75, 3.05) is 0 Å². The number of rotatable bonds is 0. The van der Waals surface area contributed by atoms with Gasteiger partial charge in [0.15, 0.2) is 0 Å². The first-order valence-corrected chi connectivity index (χ1v) is 4.83. The molecule has 2 saturated heterocycles. The molecule has 0 amide bonds. The maximum absolute atomic E-state index is 13.6. The third kappa shape index (κ3) is 1.87. The molecule has 0 aromatic carbocycles. The quantitative estimate of drug-likeness (QED) is 0.238. The molecule has 0 N–H and O–H groups in total. The van der Waals surface area contributed by atoms with Crippen molar-refractivity contribution in [2.45, 2.75) is 0 Å². The van der Waals surface area contributed by atoms with Crippen molar-refractivity contribution in [2.24, 2.45) is 0 Å². The molecule has 8 nitrogen and oxygen atoms in total. The first-order chi connectivity index (χ1) is 6.32. The van der Waals surface area contributed by atoms with Gasteiger partial charge in [0.2, 0.25) is 0 Å². The number of hydrogen-bond acceptors (Lipinski definition) is 8. The van der Waals surface area contributed by atoms with Gasteiger partial charge < -0.3 is 4.70 Å². The molecule has 16 heavy (non-hydrogen) atoms. The summed E-state index contributed by atoms with van der Waals surface area (Å²) in [4.78, 5) is 41.9. The van der Waals surface area contributed by atoms with E-state index in [1.165, 1.54) is 0 Å². The Bertz CT molecular complexity index is 333. The predicted molar refractivity (Wildman–Crippen MR) is 32.4 cm³/mol. The van der Waals surface area contributed by atoms with Gasteiger partial charge in [0.05, 0.1) is 0 Å². The van der Waals surface area contributed by atoms with Gasteiger partial charge in [-0.05, 0) is 0 Å². The summed E-state index contributed by atoms with van der Waals surface area (Å²) in [5, 5.41) is 0.